The van der Waals surface area contributed by atoms with E-state index in [4.69, 9.17) is 4.52 Å². The van der Waals surface area contributed by atoms with Crippen LogP contribution in [0.2, 0.25) is 0 Å². The van der Waals surface area contributed by atoms with Crippen LogP contribution in [0.3, 0.4) is 0 Å². The second-order valence-corrected chi connectivity index (χ2v) is 4.86. The highest BCUT2D eigenvalue weighted by Gasteiger charge is 2.21. The number of hydrogen-bond acceptors (Lipinski definition) is 4. The molecule has 1 aromatic heterocycles. The summed E-state index contributed by atoms with van der Waals surface area (Å²) in [4.78, 5) is 24.4. The topological polar surface area (TPSA) is 75.4 Å². The Bertz CT molecular complexity index is 710. The van der Waals surface area contributed by atoms with E-state index in [0.717, 1.165) is 17.0 Å². The van der Waals surface area contributed by atoms with Gasteiger partial charge in [0.25, 0.3) is 0 Å². The maximum Gasteiger partial charge on any atom is 0.227 e. The van der Waals surface area contributed by atoms with E-state index in [1.807, 2.05) is 0 Å². The lowest BCUT2D eigenvalue weighted by atomic mass is 10.2. The SMILES string of the molecule is CC(=O)N(CCC(=O)Nc1cc(C)on1)c1c(F)cccc1F. The van der Waals surface area contributed by atoms with Crippen molar-refractivity contribution in [3.63, 3.8) is 0 Å². The third kappa shape index (κ3) is 4.12. The minimum atomic E-state index is -0.868. The molecule has 0 saturated heterocycles. The van der Waals surface area contributed by atoms with Gasteiger partial charge in [-0.05, 0) is 19.1 Å². The van der Waals surface area contributed by atoms with E-state index in [0.29, 0.717) is 5.76 Å². The second kappa shape index (κ2) is 6.99. The van der Waals surface area contributed by atoms with Gasteiger partial charge in [-0.3, -0.25) is 9.59 Å². The van der Waals surface area contributed by atoms with Crippen LogP contribution in [0.15, 0.2) is 28.8 Å². The molecule has 1 heterocycles. The minimum absolute atomic E-state index is 0.154. The molecule has 1 aromatic carbocycles. The highest BCUT2D eigenvalue weighted by molar-refractivity contribution is 5.94. The molecule has 2 amide bonds. The molecule has 2 aromatic rings. The highest BCUT2D eigenvalue weighted by atomic mass is 19.1. The van der Waals surface area contributed by atoms with Crippen LogP contribution >= 0.6 is 0 Å². The lowest BCUT2D eigenvalue weighted by molar-refractivity contribution is -0.117. The normalized spacial score (nSPS) is 10.4. The summed E-state index contributed by atoms with van der Waals surface area (Å²) in [5.74, 6) is -2.00. The Kier molecular flexibility index (Phi) is 5.05. The number of nitrogens with zero attached hydrogens (tertiary/aromatic N) is 2. The summed E-state index contributed by atoms with van der Waals surface area (Å²) in [5.41, 5.74) is -0.468. The van der Waals surface area contributed by atoms with Crippen LogP contribution in [0.25, 0.3) is 0 Å². The maximum atomic E-state index is 13.8. The summed E-state index contributed by atoms with van der Waals surface area (Å²) in [5, 5.41) is 6.07. The first-order valence-corrected chi connectivity index (χ1v) is 6.83. The van der Waals surface area contributed by atoms with Gasteiger partial charge in [0.15, 0.2) is 5.82 Å². The van der Waals surface area contributed by atoms with Crippen LogP contribution in [0.1, 0.15) is 19.1 Å². The smallest absolute Gasteiger partial charge is 0.227 e. The maximum absolute atomic E-state index is 13.8. The summed E-state index contributed by atoms with van der Waals surface area (Å²) in [6, 6.07) is 4.82. The Labute approximate surface area is 131 Å². The van der Waals surface area contributed by atoms with E-state index in [9.17, 15) is 18.4 Å². The number of benzene rings is 1. The number of halogens is 2. The fourth-order valence-electron chi connectivity index (χ4n) is 2.02. The molecular formula is C15H15F2N3O3. The summed E-state index contributed by atoms with van der Waals surface area (Å²) in [6.07, 6.45) is -0.154. The van der Waals surface area contributed by atoms with E-state index < -0.39 is 29.1 Å². The van der Waals surface area contributed by atoms with Crippen molar-refractivity contribution in [2.45, 2.75) is 20.3 Å². The fourth-order valence-corrected chi connectivity index (χ4v) is 2.02. The zero-order chi connectivity index (χ0) is 17.0. The molecule has 0 aliphatic carbocycles. The molecule has 0 aliphatic rings. The number of rotatable bonds is 5. The van der Waals surface area contributed by atoms with Gasteiger partial charge in [-0.1, -0.05) is 11.2 Å². The zero-order valence-electron chi connectivity index (χ0n) is 12.6. The van der Waals surface area contributed by atoms with Crippen molar-refractivity contribution < 1.29 is 22.9 Å². The third-order valence-corrected chi connectivity index (χ3v) is 3.05. The largest absolute Gasteiger partial charge is 0.360 e. The number of anilines is 2. The van der Waals surface area contributed by atoms with Crippen LogP contribution in [0.5, 0.6) is 0 Å². The van der Waals surface area contributed by atoms with Crippen molar-refractivity contribution in [2.24, 2.45) is 0 Å². The number of para-hydroxylation sites is 1. The van der Waals surface area contributed by atoms with Gasteiger partial charge in [-0.25, -0.2) is 8.78 Å². The molecule has 2 rings (SSSR count). The number of nitrogens with one attached hydrogen (secondary N) is 1. The second-order valence-electron chi connectivity index (χ2n) is 4.86. The Morgan fingerprint density at radius 3 is 2.48 bits per heavy atom. The Balaban J connectivity index is 2.06. The van der Waals surface area contributed by atoms with Gasteiger partial charge in [-0.15, -0.1) is 0 Å². The van der Waals surface area contributed by atoms with Gasteiger partial charge in [0, 0.05) is 26.0 Å². The number of carbonyl (C=O) groups excluding carboxylic acids is 2. The first-order valence-electron chi connectivity index (χ1n) is 6.83. The monoisotopic (exact) mass is 323 g/mol. The number of hydrogen-bond donors (Lipinski definition) is 1. The number of carbonyl (C=O) groups is 2. The molecule has 23 heavy (non-hydrogen) atoms. The van der Waals surface area contributed by atoms with Gasteiger partial charge < -0.3 is 14.7 Å². The lowest BCUT2D eigenvalue weighted by Crippen LogP contribution is -2.33. The molecule has 122 valence electrons. The molecule has 0 atom stereocenters. The predicted octanol–water partition coefficient (Wildman–Crippen LogP) is 2.64. The average Bonchev–Trinajstić information content (AvgIpc) is 2.86. The summed E-state index contributed by atoms with van der Waals surface area (Å²) in [7, 11) is 0. The molecule has 0 saturated carbocycles. The van der Waals surface area contributed by atoms with Gasteiger partial charge in [0.05, 0.1) is 0 Å². The molecule has 6 nitrogen and oxygen atoms in total. The average molecular weight is 323 g/mol. The van der Waals surface area contributed by atoms with E-state index in [1.165, 1.54) is 19.1 Å². The van der Waals surface area contributed by atoms with Gasteiger partial charge in [-0.2, -0.15) is 0 Å². The summed E-state index contributed by atoms with van der Waals surface area (Å²) in [6.45, 7) is 2.67. The zero-order valence-corrected chi connectivity index (χ0v) is 12.6. The van der Waals surface area contributed by atoms with Crippen molar-refractivity contribution >= 4 is 23.3 Å². The van der Waals surface area contributed by atoms with Crippen LogP contribution in [-0.2, 0) is 9.59 Å². The summed E-state index contributed by atoms with van der Waals surface area (Å²) >= 11 is 0. The number of amides is 2. The number of aryl methyl sites for hydroxylation is 1. The van der Waals surface area contributed by atoms with Gasteiger partial charge >= 0.3 is 0 Å². The Morgan fingerprint density at radius 2 is 1.96 bits per heavy atom. The molecule has 0 aliphatic heterocycles. The molecule has 0 radical (unpaired) electrons. The van der Waals surface area contributed by atoms with Crippen molar-refractivity contribution in [3.05, 3.63) is 41.7 Å². The van der Waals surface area contributed by atoms with Crippen LogP contribution in [-0.4, -0.2) is 23.5 Å². The quantitative estimate of drug-likeness (QED) is 0.918. The van der Waals surface area contributed by atoms with E-state index in [-0.39, 0.29) is 18.8 Å². The Morgan fingerprint density at radius 1 is 1.30 bits per heavy atom. The standard InChI is InChI=1S/C15H15F2N3O3/c1-9-8-13(19-23-9)18-14(22)6-7-20(10(2)21)15-11(16)4-3-5-12(15)17/h3-5,8H,6-7H2,1-2H3,(H,18,19,22). The van der Waals surface area contributed by atoms with Crippen molar-refractivity contribution in [3.8, 4) is 0 Å². The fraction of sp³-hybridized carbons (Fsp3) is 0.267. The first-order chi connectivity index (χ1) is 10.9. The number of aromatic nitrogens is 1. The van der Waals surface area contributed by atoms with Crippen molar-refractivity contribution in [2.75, 3.05) is 16.8 Å². The third-order valence-electron chi connectivity index (χ3n) is 3.05. The van der Waals surface area contributed by atoms with Crippen molar-refractivity contribution in [1.29, 1.82) is 0 Å². The highest BCUT2D eigenvalue weighted by Crippen LogP contribution is 2.23. The van der Waals surface area contributed by atoms with E-state index in [1.54, 1.807) is 6.92 Å². The molecule has 0 spiro atoms. The minimum Gasteiger partial charge on any atom is -0.360 e. The van der Waals surface area contributed by atoms with Gasteiger partial charge in [0.1, 0.15) is 23.1 Å². The van der Waals surface area contributed by atoms with Crippen LogP contribution in [0, 0.1) is 18.6 Å². The molecule has 0 fully saturated rings. The predicted molar refractivity (Wildman–Crippen MR) is 78.9 cm³/mol. The lowest BCUT2D eigenvalue weighted by Gasteiger charge is -2.21. The molecule has 0 unspecified atom stereocenters. The molecular weight excluding hydrogens is 308 g/mol. The van der Waals surface area contributed by atoms with Gasteiger partial charge in [0.2, 0.25) is 11.8 Å². The molecule has 0 bridgehead atoms. The molecule has 8 heteroatoms. The van der Waals surface area contributed by atoms with Crippen LogP contribution < -0.4 is 10.2 Å². The Hall–Kier alpha value is -2.77. The van der Waals surface area contributed by atoms with E-state index in [2.05, 4.69) is 10.5 Å². The first kappa shape index (κ1) is 16.6. The van der Waals surface area contributed by atoms with E-state index >= 15 is 0 Å². The summed E-state index contributed by atoms with van der Waals surface area (Å²) < 4.78 is 32.4. The van der Waals surface area contributed by atoms with Crippen molar-refractivity contribution in [1.82, 2.24) is 5.16 Å². The van der Waals surface area contributed by atoms with Crippen LogP contribution in [0.4, 0.5) is 20.3 Å². The molecule has 1 N–H and O–H groups in total.